The van der Waals surface area contributed by atoms with E-state index in [1.165, 1.54) is 0 Å². The van der Waals surface area contributed by atoms with Crippen LogP contribution in [0.1, 0.15) is 31.2 Å². The molecule has 1 aliphatic carbocycles. The first kappa shape index (κ1) is 10.6. The van der Waals surface area contributed by atoms with Crippen molar-refractivity contribution in [3.63, 3.8) is 0 Å². The molecule has 0 radical (unpaired) electrons. The minimum absolute atomic E-state index is 0.277. The fourth-order valence-corrected chi connectivity index (χ4v) is 2.30. The highest BCUT2D eigenvalue weighted by Gasteiger charge is 2.32. The van der Waals surface area contributed by atoms with Gasteiger partial charge in [-0.15, -0.1) is 0 Å². The van der Waals surface area contributed by atoms with Crippen molar-refractivity contribution in [2.75, 3.05) is 0 Å². The summed E-state index contributed by atoms with van der Waals surface area (Å²) in [5, 5.41) is 14.5. The van der Waals surface area contributed by atoms with Gasteiger partial charge in [-0.1, -0.05) is 0 Å². The van der Waals surface area contributed by atoms with Crippen LogP contribution in [0.15, 0.2) is 12.4 Å². The van der Waals surface area contributed by atoms with Crippen LogP contribution in [0.2, 0.25) is 0 Å². The highest BCUT2D eigenvalue weighted by atomic mass is 16.3. The Morgan fingerprint density at radius 2 is 2.27 bits per heavy atom. The van der Waals surface area contributed by atoms with Gasteiger partial charge in [-0.25, -0.2) is 0 Å². The first-order chi connectivity index (χ1) is 7.07. The fourth-order valence-electron chi connectivity index (χ4n) is 2.30. The van der Waals surface area contributed by atoms with E-state index in [4.69, 9.17) is 5.73 Å². The van der Waals surface area contributed by atoms with Gasteiger partial charge < -0.3 is 10.8 Å². The standard InChI is InChI=1S/C11H19N3O/c1-14-8-9(7-13-14)6-11(15)4-2-10(12)3-5-11/h7-8,10,15H,2-6,12H2,1H3. The van der Waals surface area contributed by atoms with Crippen molar-refractivity contribution < 1.29 is 5.11 Å². The number of hydrogen-bond donors (Lipinski definition) is 2. The molecule has 0 saturated heterocycles. The lowest BCUT2D eigenvalue weighted by molar-refractivity contribution is 0.000203. The van der Waals surface area contributed by atoms with Crippen molar-refractivity contribution in [2.24, 2.45) is 12.8 Å². The maximum absolute atomic E-state index is 10.4. The number of aromatic nitrogens is 2. The lowest BCUT2D eigenvalue weighted by atomic mass is 9.79. The molecule has 1 aromatic rings. The van der Waals surface area contributed by atoms with Crippen LogP contribution in [0.3, 0.4) is 0 Å². The second kappa shape index (κ2) is 3.94. The van der Waals surface area contributed by atoms with Crippen molar-refractivity contribution in [1.82, 2.24) is 9.78 Å². The van der Waals surface area contributed by atoms with Gasteiger partial charge in [0.25, 0.3) is 0 Å². The number of hydrogen-bond acceptors (Lipinski definition) is 3. The van der Waals surface area contributed by atoms with Gasteiger partial charge in [0.2, 0.25) is 0 Å². The quantitative estimate of drug-likeness (QED) is 0.749. The van der Waals surface area contributed by atoms with Crippen LogP contribution >= 0.6 is 0 Å². The Labute approximate surface area is 90.1 Å². The van der Waals surface area contributed by atoms with Gasteiger partial charge in [0.05, 0.1) is 11.8 Å². The Kier molecular flexibility index (Phi) is 2.80. The Balaban J connectivity index is 1.99. The summed E-state index contributed by atoms with van der Waals surface area (Å²) in [6, 6.07) is 0.277. The Morgan fingerprint density at radius 3 is 2.80 bits per heavy atom. The van der Waals surface area contributed by atoms with Gasteiger partial charge >= 0.3 is 0 Å². The molecule has 3 N–H and O–H groups in total. The molecule has 0 aromatic carbocycles. The highest BCUT2D eigenvalue weighted by Crippen LogP contribution is 2.30. The van der Waals surface area contributed by atoms with Gasteiger partial charge in [-0.05, 0) is 31.2 Å². The van der Waals surface area contributed by atoms with Gasteiger partial charge in [-0.3, -0.25) is 4.68 Å². The molecule has 1 aromatic heterocycles. The fraction of sp³-hybridized carbons (Fsp3) is 0.727. The third-order valence-electron chi connectivity index (χ3n) is 3.25. The van der Waals surface area contributed by atoms with E-state index in [2.05, 4.69) is 5.10 Å². The van der Waals surface area contributed by atoms with Gasteiger partial charge in [0.15, 0.2) is 0 Å². The Hall–Kier alpha value is -0.870. The summed E-state index contributed by atoms with van der Waals surface area (Å²) in [6.45, 7) is 0. The molecule has 1 saturated carbocycles. The first-order valence-corrected chi connectivity index (χ1v) is 5.53. The van der Waals surface area contributed by atoms with E-state index >= 15 is 0 Å². The molecule has 1 aliphatic rings. The Bertz CT molecular complexity index is 326. The van der Waals surface area contributed by atoms with E-state index in [0.717, 1.165) is 31.2 Å². The minimum atomic E-state index is -0.557. The highest BCUT2D eigenvalue weighted by molar-refractivity contribution is 5.09. The predicted molar refractivity (Wildman–Crippen MR) is 58.3 cm³/mol. The maximum atomic E-state index is 10.4. The summed E-state index contributed by atoms with van der Waals surface area (Å²) < 4.78 is 1.77. The summed E-state index contributed by atoms with van der Waals surface area (Å²) in [7, 11) is 1.89. The van der Waals surface area contributed by atoms with Crippen molar-refractivity contribution >= 4 is 0 Å². The van der Waals surface area contributed by atoms with Crippen molar-refractivity contribution in [2.45, 2.75) is 43.7 Å². The summed E-state index contributed by atoms with van der Waals surface area (Å²) in [6.07, 6.45) is 7.96. The van der Waals surface area contributed by atoms with Crippen molar-refractivity contribution in [3.05, 3.63) is 18.0 Å². The molecule has 0 amide bonds. The third kappa shape index (κ3) is 2.58. The number of nitrogens with two attached hydrogens (primary N) is 1. The average Bonchev–Trinajstić information content (AvgIpc) is 2.57. The van der Waals surface area contributed by atoms with Gasteiger partial charge in [0.1, 0.15) is 0 Å². The number of aliphatic hydroxyl groups is 1. The normalized spacial score (nSPS) is 31.8. The molecule has 1 heterocycles. The zero-order chi connectivity index (χ0) is 10.9. The van der Waals surface area contributed by atoms with E-state index in [-0.39, 0.29) is 6.04 Å². The van der Waals surface area contributed by atoms with Crippen LogP contribution < -0.4 is 5.73 Å². The van der Waals surface area contributed by atoms with Crippen LogP contribution in [0, 0.1) is 0 Å². The summed E-state index contributed by atoms with van der Waals surface area (Å²) in [4.78, 5) is 0. The molecule has 2 rings (SSSR count). The second-order valence-electron chi connectivity index (χ2n) is 4.76. The number of rotatable bonds is 2. The van der Waals surface area contributed by atoms with Crippen LogP contribution in [-0.2, 0) is 13.5 Å². The topological polar surface area (TPSA) is 64.1 Å². The van der Waals surface area contributed by atoms with Crippen LogP contribution in [0.25, 0.3) is 0 Å². The minimum Gasteiger partial charge on any atom is -0.390 e. The number of aryl methyl sites for hydroxylation is 1. The van der Waals surface area contributed by atoms with Gasteiger partial charge in [-0.2, -0.15) is 5.10 Å². The molecule has 4 heteroatoms. The molecule has 1 fully saturated rings. The molecule has 84 valence electrons. The van der Waals surface area contributed by atoms with E-state index in [1.54, 1.807) is 4.68 Å². The zero-order valence-electron chi connectivity index (χ0n) is 9.19. The number of nitrogens with zero attached hydrogens (tertiary/aromatic N) is 2. The molecular weight excluding hydrogens is 190 g/mol. The zero-order valence-corrected chi connectivity index (χ0v) is 9.19. The smallest absolute Gasteiger partial charge is 0.0690 e. The SMILES string of the molecule is Cn1cc(CC2(O)CCC(N)CC2)cn1. The third-order valence-corrected chi connectivity index (χ3v) is 3.25. The average molecular weight is 209 g/mol. The first-order valence-electron chi connectivity index (χ1n) is 5.53. The largest absolute Gasteiger partial charge is 0.390 e. The summed E-state index contributed by atoms with van der Waals surface area (Å²) >= 11 is 0. The van der Waals surface area contributed by atoms with Crippen LogP contribution in [0.4, 0.5) is 0 Å². The summed E-state index contributed by atoms with van der Waals surface area (Å²) in [5.41, 5.74) is 6.38. The van der Waals surface area contributed by atoms with E-state index in [0.29, 0.717) is 6.42 Å². The molecule has 15 heavy (non-hydrogen) atoms. The van der Waals surface area contributed by atoms with E-state index < -0.39 is 5.60 Å². The lowest BCUT2D eigenvalue weighted by Crippen LogP contribution is -2.40. The second-order valence-corrected chi connectivity index (χ2v) is 4.76. The van der Waals surface area contributed by atoms with E-state index in [9.17, 15) is 5.11 Å². The Morgan fingerprint density at radius 1 is 1.60 bits per heavy atom. The molecule has 0 bridgehead atoms. The molecular formula is C11H19N3O. The van der Waals surface area contributed by atoms with Crippen LogP contribution in [-0.4, -0.2) is 26.5 Å². The van der Waals surface area contributed by atoms with Crippen molar-refractivity contribution in [1.29, 1.82) is 0 Å². The van der Waals surface area contributed by atoms with Crippen molar-refractivity contribution in [3.8, 4) is 0 Å². The van der Waals surface area contributed by atoms with E-state index in [1.807, 2.05) is 19.4 Å². The molecule has 0 aliphatic heterocycles. The molecule has 4 nitrogen and oxygen atoms in total. The lowest BCUT2D eigenvalue weighted by Gasteiger charge is -2.34. The maximum Gasteiger partial charge on any atom is 0.0690 e. The summed E-state index contributed by atoms with van der Waals surface area (Å²) in [5.74, 6) is 0. The van der Waals surface area contributed by atoms with Gasteiger partial charge in [0, 0.05) is 25.7 Å². The van der Waals surface area contributed by atoms with Crippen LogP contribution in [0.5, 0.6) is 0 Å². The molecule has 0 unspecified atom stereocenters. The predicted octanol–water partition coefficient (Wildman–Crippen LogP) is 0.595. The molecule has 0 spiro atoms. The molecule has 0 atom stereocenters. The monoisotopic (exact) mass is 209 g/mol.